The number of rotatable bonds is 1. The van der Waals surface area contributed by atoms with Gasteiger partial charge in [-0.3, -0.25) is 4.79 Å². The molecule has 3 heteroatoms. The fourth-order valence-corrected chi connectivity index (χ4v) is 7.41. The summed E-state index contributed by atoms with van der Waals surface area (Å²) in [6, 6.07) is 0. The first-order valence-corrected chi connectivity index (χ1v) is 9.48. The Bertz CT molecular complexity index is 478. The van der Waals surface area contributed by atoms with E-state index in [0.29, 0.717) is 17.3 Å². The summed E-state index contributed by atoms with van der Waals surface area (Å²) >= 11 is 0. The zero-order valence-corrected chi connectivity index (χ0v) is 13.9. The van der Waals surface area contributed by atoms with Crippen LogP contribution in [0.2, 0.25) is 0 Å². The minimum absolute atomic E-state index is 0.225. The third-order valence-corrected chi connectivity index (χ3v) is 8.51. The number of amides is 1. The van der Waals surface area contributed by atoms with Crippen LogP contribution in [0.3, 0.4) is 0 Å². The van der Waals surface area contributed by atoms with E-state index >= 15 is 0 Å². The first kappa shape index (κ1) is 15.0. The molecule has 0 radical (unpaired) electrons. The molecule has 0 aliphatic heterocycles. The first-order valence-electron chi connectivity index (χ1n) is 9.48. The van der Waals surface area contributed by atoms with E-state index < -0.39 is 11.5 Å². The second-order valence-corrected chi connectivity index (χ2v) is 8.94. The van der Waals surface area contributed by atoms with Crippen LogP contribution in [0.25, 0.3) is 0 Å². The Hall–Kier alpha value is -0.570. The molecule has 4 aliphatic carbocycles. The topological polar surface area (TPSA) is 63.3 Å². The van der Waals surface area contributed by atoms with E-state index in [1.807, 2.05) is 0 Å². The molecule has 4 rings (SSSR count). The van der Waals surface area contributed by atoms with Gasteiger partial charge in [-0.15, -0.1) is 0 Å². The van der Waals surface area contributed by atoms with Gasteiger partial charge >= 0.3 is 0 Å². The van der Waals surface area contributed by atoms with Crippen molar-refractivity contribution >= 4 is 5.91 Å². The summed E-state index contributed by atoms with van der Waals surface area (Å²) in [6.07, 6.45) is 11.4. The Labute approximate surface area is 134 Å². The summed E-state index contributed by atoms with van der Waals surface area (Å²) in [4.78, 5) is 12.3. The molecule has 3 N–H and O–H groups in total. The first-order chi connectivity index (χ1) is 10.5. The van der Waals surface area contributed by atoms with E-state index in [1.54, 1.807) is 0 Å². The molecule has 0 aromatic carbocycles. The van der Waals surface area contributed by atoms with Crippen LogP contribution in [0, 0.1) is 34.5 Å². The second-order valence-electron chi connectivity index (χ2n) is 8.94. The lowest BCUT2D eigenvalue weighted by Gasteiger charge is -2.60. The molecule has 0 aromatic rings. The monoisotopic (exact) mass is 305 g/mol. The molecule has 3 nitrogen and oxygen atoms in total. The van der Waals surface area contributed by atoms with E-state index in [1.165, 1.54) is 38.5 Å². The molecule has 4 fully saturated rings. The molecule has 7 atom stereocenters. The van der Waals surface area contributed by atoms with Crippen molar-refractivity contribution in [2.24, 2.45) is 40.2 Å². The SMILES string of the molecule is C[C@]12CCCCC1CC[C@H]1[C@@H]3CC[C@H](O)[C@@]3(C(N)=O)CC[C@@H]12. The molecule has 1 unspecified atom stereocenters. The Morgan fingerprint density at radius 1 is 1.00 bits per heavy atom. The summed E-state index contributed by atoms with van der Waals surface area (Å²) in [5, 5.41) is 10.5. The van der Waals surface area contributed by atoms with Crippen LogP contribution >= 0.6 is 0 Å². The third-order valence-electron chi connectivity index (χ3n) is 8.51. The number of carbonyl (C=O) groups is 1. The van der Waals surface area contributed by atoms with Crippen molar-refractivity contribution in [2.45, 2.75) is 77.2 Å². The van der Waals surface area contributed by atoms with Crippen molar-refractivity contribution in [1.82, 2.24) is 0 Å². The van der Waals surface area contributed by atoms with Crippen molar-refractivity contribution in [3.05, 3.63) is 0 Å². The molecule has 4 aliphatic rings. The van der Waals surface area contributed by atoms with Gasteiger partial charge in [0.1, 0.15) is 0 Å². The lowest BCUT2D eigenvalue weighted by molar-refractivity contribution is -0.156. The third kappa shape index (κ3) is 1.75. The highest BCUT2D eigenvalue weighted by atomic mass is 16.3. The zero-order chi connectivity index (χ0) is 15.5. The Balaban J connectivity index is 1.68. The van der Waals surface area contributed by atoms with Gasteiger partial charge in [-0.2, -0.15) is 0 Å². The lowest BCUT2D eigenvalue weighted by atomic mass is 9.45. The summed E-state index contributed by atoms with van der Waals surface area (Å²) < 4.78 is 0. The van der Waals surface area contributed by atoms with Crippen LogP contribution in [0.1, 0.15) is 71.1 Å². The molecule has 0 heterocycles. The maximum atomic E-state index is 12.3. The molecular formula is C19H31NO2. The van der Waals surface area contributed by atoms with Crippen molar-refractivity contribution in [2.75, 3.05) is 0 Å². The fourth-order valence-electron chi connectivity index (χ4n) is 7.41. The largest absolute Gasteiger partial charge is 0.392 e. The zero-order valence-electron chi connectivity index (χ0n) is 13.9. The quantitative estimate of drug-likeness (QED) is 0.781. The Morgan fingerprint density at radius 3 is 2.59 bits per heavy atom. The number of hydrogen-bond acceptors (Lipinski definition) is 2. The average Bonchev–Trinajstić information content (AvgIpc) is 2.85. The van der Waals surface area contributed by atoms with E-state index in [-0.39, 0.29) is 5.91 Å². The normalized spacial score (nSPS) is 54.2. The highest BCUT2D eigenvalue weighted by Gasteiger charge is 2.63. The predicted molar refractivity (Wildman–Crippen MR) is 85.9 cm³/mol. The summed E-state index contributed by atoms with van der Waals surface area (Å²) in [7, 11) is 0. The molecule has 1 amide bonds. The number of fused-ring (bicyclic) bond motifs is 5. The molecule has 124 valence electrons. The van der Waals surface area contributed by atoms with Gasteiger partial charge < -0.3 is 10.8 Å². The minimum Gasteiger partial charge on any atom is -0.392 e. The van der Waals surface area contributed by atoms with Gasteiger partial charge in [-0.05, 0) is 80.5 Å². The van der Waals surface area contributed by atoms with Crippen molar-refractivity contribution < 1.29 is 9.90 Å². The van der Waals surface area contributed by atoms with Crippen LogP contribution in [-0.4, -0.2) is 17.1 Å². The van der Waals surface area contributed by atoms with E-state index in [4.69, 9.17) is 5.73 Å². The number of aliphatic hydroxyl groups is 1. The van der Waals surface area contributed by atoms with Crippen molar-refractivity contribution in [3.8, 4) is 0 Å². The van der Waals surface area contributed by atoms with Gasteiger partial charge in [0, 0.05) is 0 Å². The minimum atomic E-state index is -0.598. The fraction of sp³-hybridized carbons (Fsp3) is 0.947. The number of primary amides is 1. The summed E-state index contributed by atoms with van der Waals surface area (Å²) in [5.74, 6) is 2.40. The number of aliphatic hydroxyl groups excluding tert-OH is 1. The van der Waals surface area contributed by atoms with Crippen molar-refractivity contribution in [1.29, 1.82) is 0 Å². The predicted octanol–water partition coefficient (Wildman–Crippen LogP) is 3.25. The van der Waals surface area contributed by atoms with Gasteiger partial charge in [0.15, 0.2) is 0 Å². The van der Waals surface area contributed by atoms with Crippen LogP contribution in [0.4, 0.5) is 0 Å². The van der Waals surface area contributed by atoms with Gasteiger partial charge in [-0.1, -0.05) is 19.8 Å². The standard InChI is InChI=1S/C19H31NO2/c1-18-10-3-2-4-12(18)5-6-13-14(18)9-11-19(17(20)22)15(13)7-8-16(19)21/h12-16,21H,2-11H2,1H3,(H2,20,22)/t12?,13-,14+,15+,16+,18+,19-/m1/s1. The molecule has 22 heavy (non-hydrogen) atoms. The highest BCUT2D eigenvalue weighted by molar-refractivity contribution is 5.82. The molecule has 0 saturated heterocycles. The van der Waals surface area contributed by atoms with Crippen molar-refractivity contribution in [3.63, 3.8) is 0 Å². The number of hydrogen-bond donors (Lipinski definition) is 2. The van der Waals surface area contributed by atoms with Crippen LogP contribution in [-0.2, 0) is 4.79 Å². The van der Waals surface area contributed by atoms with E-state index in [0.717, 1.165) is 37.5 Å². The number of carbonyl (C=O) groups excluding carboxylic acids is 1. The Morgan fingerprint density at radius 2 is 1.82 bits per heavy atom. The average molecular weight is 305 g/mol. The second kappa shape index (κ2) is 4.96. The molecular weight excluding hydrogens is 274 g/mol. The van der Waals surface area contributed by atoms with Gasteiger partial charge in [0.25, 0.3) is 0 Å². The highest BCUT2D eigenvalue weighted by Crippen LogP contribution is 2.66. The summed E-state index contributed by atoms with van der Waals surface area (Å²) in [6.45, 7) is 2.54. The van der Waals surface area contributed by atoms with Gasteiger partial charge in [0.2, 0.25) is 5.91 Å². The lowest BCUT2D eigenvalue weighted by Crippen LogP contribution is -2.58. The van der Waals surface area contributed by atoms with Crippen LogP contribution in [0.15, 0.2) is 0 Å². The smallest absolute Gasteiger partial charge is 0.226 e. The molecule has 0 aromatic heterocycles. The van der Waals surface area contributed by atoms with Crippen LogP contribution < -0.4 is 5.73 Å². The summed E-state index contributed by atoms with van der Waals surface area (Å²) in [5.41, 5.74) is 5.71. The van der Waals surface area contributed by atoms with Gasteiger partial charge in [-0.25, -0.2) is 0 Å². The maximum absolute atomic E-state index is 12.3. The maximum Gasteiger partial charge on any atom is 0.226 e. The van der Waals surface area contributed by atoms with Crippen LogP contribution in [0.5, 0.6) is 0 Å². The molecule has 0 bridgehead atoms. The Kier molecular flexibility index (Phi) is 3.38. The molecule has 4 saturated carbocycles. The van der Waals surface area contributed by atoms with E-state index in [9.17, 15) is 9.90 Å². The van der Waals surface area contributed by atoms with E-state index in [2.05, 4.69) is 6.92 Å². The molecule has 0 spiro atoms. The number of nitrogens with two attached hydrogens (primary N) is 1. The van der Waals surface area contributed by atoms with Gasteiger partial charge in [0.05, 0.1) is 11.5 Å².